The summed E-state index contributed by atoms with van der Waals surface area (Å²) in [5.41, 5.74) is 26.7. The number of nitrogens with two attached hydrogens (primary N) is 4. The number of guanidine groups is 1. The molecule has 0 radical (unpaired) electrons. The fraction of sp³-hybridized carbons (Fsp3) is 0.427. The fourth-order valence-electron chi connectivity index (χ4n) is 13.5. The molecule has 36 heteroatoms. The highest BCUT2D eigenvalue weighted by atomic mass is 32.2. The van der Waals surface area contributed by atoms with E-state index in [4.69, 9.17) is 28.3 Å². The molecular formula is C82H108N20O15S. The van der Waals surface area contributed by atoms with Crippen LogP contribution >= 0.6 is 11.8 Å². The Labute approximate surface area is 686 Å². The maximum atomic E-state index is 15.3. The van der Waals surface area contributed by atoms with Crippen molar-refractivity contribution < 1.29 is 72.2 Å². The lowest BCUT2D eigenvalue weighted by atomic mass is 9.96. The van der Waals surface area contributed by atoms with Gasteiger partial charge in [-0.05, 0) is 96.1 Å². The number of thioether (sulfide) groups is 1. The van der Waals surface area contributed by atoms with Gasteiger partial charge in [-0.3, -0.25) is 72.5 Å². The molecule has 0 bridgehead atoms. The molecule has 0 aliphatic carbocycles. The maximum Gasteiger partial charge on any atom is 0.245 e. The Morgan fingerprint density at radius 2 is 0.966 bits per heavy atom. The van der Waals surface area contributed by atoms with E-state index in [0.29, 0.717) is 63.3 Å². The predicted octanol–water partition coefficient (Wildman–Crippen LogP) is -0.750. The molecule has 12 atom stereocenters. The molecule has 0 saturated carbocycles. The largest absolute Gasteiger partial charge is 0.394 e. The number of rotatable bonds is 25. The summed E-state index contributed by atoms with van der Waals surface area (Å²) in [5.74, 6) is -15.3. The van der Waals surface area contributed by atoms with Crippen LogP contribution < -0.4 is 92.1 Å². The predicted molar refractivity (Wildman–Crippen MR) is 445 cm³/mol. The van der Waals surface area contributed by atoms with Crippen LogP contribution in [0.15, 0.2) is 134 Å². The third-order valence-electron chi connectivity index (χ3n) is 20.2. The highest BCUT2D eigenvalue weighted by Crippen LogP contribution is 2.24. The minimum atomic E-state index is -1.87. The van der Waals surface area contributed by atoms with Crippen molar-refractivity contribution in [3.05, 3.63) is 156 Å². The van der Waals surface area contributed by atoms with E-state index in [9.17, 15) is 53.1 Å². The molecule has 25 N–H and O–H groups in total. The number of aliphatic hydroxyl groups is 1. The molecule has 8 rings (SSSR count). The number of aliphatic hydroxyl groups excluding tert-OH is 1. The summed E-state index contributed by atoms with van der Waals surface area (Å²) in [6.07, 6.45) is 3.06. The van der Waals surface area contributed by atoms with Crippen molar-refractivity contribution in [1.29, 1.82) is 5.41 Å². The van der Waals surface area contributed by atoms with Gasteiger partial charge in [0.15, 0.2) is 5.96 Å². The Hall–Kier alpha value is -12.4. The van der Waals surface area contributed by atoms with Crippen LogP contribution in [0.4, 0.5) is 0 Å². The minimum absolute atomic E-state index is 0.0139. The fourth-order valence-corrected chi connectivity index (χ4v) is 14.4. The average molecular weight is 1650 g/mol. The number of carbonyl (C=O) groups excluding carboxylic acids is 14. The standard InChI is InChI=1S/C82H108N20O15S/c1-4-6-25-58-74(110)94-59(28-16-17-32-83)75(111)97-63(38-52-41-90-56-27-15-13-24-54(52)56)78(114)96-61(35-47-19-8-7-9-20-47)76(112)101-66(71(85)107)44-118-45-69(106)93-60(36-48-30-31-49-21-10-11-22-50(49)34-48)80(116)102-70(46(3)5-2)81(117)100-65(43-103)72(108)91-42-68(105)92-57(29-18-33-88-82(86)87)73(109)99-64(39-67(84)104)79(115)98-62(77(113)95-58)37-51-40-89-55-26-14-12-23-53(51)55/h7-15,19-24,26-27,30-31,34,40-41,46,57-66,70,89-90,103H,4-6,16-18,25,28-29,32-33,35-39,42-45,83H2,1-3H3,(H2,84,104)(H2,85,107)(H,91,108)(H,92,105)(H,93,106)(H,94,110)(H,95,113)(H,96,114)(H,97,111)(H,98,115)(H,99,109)(H,100,117)(H,101,112)(H,102,116)(H4,86,87,88)/t46-,57-,58-,59-,60+,61-,62-,63-,64-,65-,66-,70-/m0/s1. The summed E-state index contributed by atoms with van der Waals surface area (Å²) < 4.78 is 0. The first-order valence-electron chi connectivity index (χ1n) is 39.4. The summed E-state index contributed by atoms with van der Waals surface area (Å²) >= 11 is 0.863. The van der Waals surface area contributed by atoms with Crippen LogP contribution in [0.25, 0.3) is 32.6 Å². The van der Waals surface area contributed by atoms with Gasteiger partial charge in [0, 0.05) is 72.2 Å². The molecule has 1 aliphatic rings. The number of fused-ring (bicyclic) bond motifs is 3. The lowest BCUT2D eigenvalue weighted by molar-refractivity contribution is -0.136. The molecule has 2 aromatic heterocycles. The second-order valence-corrected chi connectivity index (χ2v) is 30.2. The summed E-state index contributed by atoms with van der Waals surface area (Å²) in [6, 6.07) is 18.6. The Morgan fingerprint density at radius 1 is 0.492 bits per heavy atom. The SMILES string of the molecule is CCCC[C@@H]1NC(=O)[C@H](Cc2c[nH]c3ccccc23)NC(=O)[C@H](CC(N)=O)NC(=O)[C@H](CCCNC(=N)N)NC(=O)CNC(=O)[C@H](CO)NC(=O)[C@H]([C@@H](C)CC)NC(=O)[C@@H](Cc2ccc3ccccc3c2)NC(=O)CSC[C@@H](C(N)=O)NC(=O)[C@H](Cc2ccccc2)NC(=O)[C@H](Cc2c[nH]c3ccccc23)NC(=O)[C@H](CCCCN)NC1=O. The van der Waals surface area contributed by atoms with E-state index in [1.165, 1.54) is 0 Å². The number of H-pyrrole nitrogens is 2. The zero-order valence-corrected chi connectivity index (χ0v) is 67.0. The van der Waals surface area contributed by atoms with Gasteiger partial charge in [-0.1, -0.05) is 149 Å². The summed E-state index contributed by atoms with van der Waals surface area (Å²) in [6.45, 7) is 3.44. The van der Waals surface area contributed by atoms with Gasteiger partial charge in [0.05, 0.1) is 25.3 Å². The van der Waals surface area contributed by atoms with Crippen LogP contribution in [-0.2, 0) is 92.8 Å². The summed E-state index contributed by atoms with van der Waals surface area (Å²) in [7, 11) is 0. The van der Waals surface area contributed by atoms with Crippen LogP contribution in [0.3, 0.4) is 0 Å². The second-order valence-electron chi connectivity index (χ2n) is 29.2. The number of hydrogen-bond donors (Lipinski definition) is 21. The van der Waals surface area contributed by atoms with E-state index in [2.05, 4.69) is 79.1 Å². The molecule has 0 spiro atoms. The molecule has 35 nitrogen and oxygen atoms in total. The molecule has 14 amide bonds. The zero-order valence-electron chi connectivity index (χ0n) is 66.2. The van der Waals surface area contributed by atoms with Gasteiger partial charge in [0.2, 0.25) is 82.7 Å². The smallest absolute Gasteiger partial charge is 0.245 e. The van der Waals surface area contributed by atoms with Crippen LogP contribution in [0.2, 0.25) is 0 Å². The topological polar surface area (TPSA) is 575 Å². The van der Waals surface area contributed by atoms with Crippen LogP contribution in [-0.4, -0.2) is 208 Å². The first-order valence-corrected chi connectivity index (χ1v) is 40.6. The van der Waals surface area contributed by atoms with Gasteiger partial charge < -0.3 is 107 Å². The van der Waals surface area contributed by atoms with E-state index in [-0.39, 0.29) is 83.1 Å². The van der Waals surface area contributed by atoms with Crippen LogP contribution in [0.1, 0.15) is 107 Å². The van der Waals surface area contributed by atoms with Crippen molar-refractivity contribution in [2.75, 3.05) is 37.7 Å². The van der Waals surface area contributed by atoms with Crippen molar-refractivity contribution >= 4 is 133 Å². The van der Waals surface area contributed by atoms with Crippen LogP contribution in [0.5, 0.6) is 0 Å². The molecule has 1 fully saturated rings. The molecule has 7 aromatic rings. The number of amides is 14. The molecule has 632 valence electrons. The minimum Gasteiger partial charge on any atom is -0.394 e. The number of aromatic nitrogens is 2. The monoisotopic (exact) mass is 1640 g/mol. The van der Waals surface area contributed by atoms with Gasteiger partial charge in [-0.15, -0.1) is 11.8 Å². The molecule has 5 aromatic carbocycles. The molecule has 0 unspecified atom stereocenters. The normalized spacial score (nSPS) is 22.5. The average Bonchev–Trinajstić information content (AvgIpc) is 1.61. The van der Waals surface area contributed by atoms with Gasteiger partial charge in [0.1, 0.15) is 66.5 Å². The number of primary amides is 2. The quantitative estimate of drug-likeness (QED) is 0.0190. The first-order chi connectivity index (χ1) is 56.6. The van der Waals surface area contributed by atoms with E-state index < -0.39 is 186 Å². The van der Waals surface area contributed by atoms with Crippen molar-refractivity contribution in [2.24, 2.45) is 28.9 Å². The van der Waals surface area contributed by atoms with Crippen LogP contribution in [0, 0.1) is 11.3 Å². The van der Waals surface area contributed by atoms with Crippen molar-refractivity contribution in [1.82, 2.24) is 79.1 Å². The Kier molecular flexibility index (Phi) is 35.3. The summed E-state index contributed by atoms with van der Waals surface area (Å²) in [5, 5.41) is 55.6. The molecular weight excluding hydrogens is 1540 g/mol. The van der Waals surface area contributed by atoms with E-state index >= 15 is 19.2 Å². The highest BCUT2D eigenvalue weighted by molar-refractivity contribution is 8.00. The number of aromatic amines is 2. The number of hydrogen-bond acceptors (Lipinski definition) is 18. The van der Waals surface area contributed by atoms with Gasteiger partial charge in [-0.25, -0.2) is 0 Å². The lowest BCUT2D eigenvalue weighted by Gasteiger charge is -2.28. The number of para-hydroxylation sites is 2. The Bertz CT molecular complexity index is 4700. The molecule has 118 heavy (non-hydrogen) atoms. The molecule has 1 saturated heterocycles. The second kappa shape index (κ2) is 45.7. The number of benzene rings is 5. The lowest BCUT2D eigenvalue weighted by Crippen LogP contribution is -2.61. The Balaban J connectivity index is 1.17. The maximum absolute atomic E-state index is 15.3. The van der Waals surface area contributed by atoms with Crippen molar-refractivity contribution in [3.8, 4) is 0 Å². The Morgan fingerprint density at radius 3 is 1.53 bits per heavy atom. The summed E-state index contributed by atoms with van der Waals surface area (Å²) in [4.78, 5) is 209. The molecule has 3 heterocycles. The van der Waals surface area contributed by atoms with Gasteiger partial charge in [0.25, 0.3) is 0 Å². The number of unbranched alkanes of at least 4 members (excludes halogenated alkanes) is 2. The van der Waals surface area contributed by atoms with E-state index in [1.54, 1.807) is 105 Å². The van der Waals surface area contributed by atoms with Crippen molar-refractivity contribution in [3.63, 3.8) is 0 Å². The van der Waals surface area contributed by atoms with Crippen molar-refractivity contribution in [2.45, 2.75) is 177 Å². The number of nitrogens with one attached hydrogen (secondary N) is 16. The third kappa shape index (κ3) is 27.6. The first kappa shape index (κ1) is 91.1. The van der Waals surface area contributed by atoms with Gasteiger partial charge in [-0.2, -0.15) is 0 Å². The number of carbonyl (C=O) groups is 14. The van der Waals surface area contributed by atoms with E-state index in [0.717, 1.165) is 22.5 Å². The zero-order chi connectivity index (χ0) is 85.4. The third-order valence-corrected chi connectivity index (χ3v) is 21.3. The molecule has 1 aliphatic heterocycles. The van der Waals surface area contributed by atoms with Gasteiger partial charge >= 0.3 is 0 Å². The highest BCUT2D eigenvalue weighted by Gasteiger charge is 2.38. The van der Waals surface area contributed by atoms with E-state index in [1.807, 2.05) is 49.4 Å².